The Balaban J connectivity index is 2.78. The van der Waals surface area contributed by atoms with Crippen molar-refractivity contribution in [1.29, 1.82) is 0 Å². The van der Waals surface area contributed by atoms with Crippen molar-refractivity contribution in [3.8, 4) is 0 Å². The smallest absolute Gasteiger partial charge is 0.416 e. The molecule has 0 aromatic heterocycles. The van der Waals surface area contributed by atoms with Crippen LogP contribution in [-0.4, -0.2) is 17.9 Å². The zero-order chi connectivity index (χ0) is 14.6. The fraction of sp³-hybridized carbons (Fsp3) is 0.385. The monoisotopic (exact) mass is 274 g/mol. The number of Topliss-reactive ketones (excluding diaryl/α,β-unsaturated/α-hetero) is 1. The summed E-state index contributed by atoms with van der Waals surface area (Å²) >= 11 is 0. The summed E-state index contributed by atoms with van der Waals surface area (Å²) in [6.07, 6.45) is -5.33. The van der Waals surface area contributed by atoms with Crippen LogP contribution in [0.3, 0.4) is 0 Å². The maximum atomic E-state index is 12.5. The van der Waals surface area contributed by atoms with E-state index in [0.29, 0.717) is 0 Å². The summed E-state index contributed by atoms with van der Waals surface area (Å²) in [6, 6.07) is 4.30. The van der Waals surface area contributed by atoms with E-state index in [1.165, 1.54) is 12.1 Å². The van der Waals surface area contributed by atoms with Crippen molar-refractivity contribution in [2.75, 3.05) is 0 Å². The molecule has 0 fully saturated rings. The number of carbonyl (C=O) groups is 2. The van der Waals surface area contributed by atoms with Gasteiger partial charge in [-0.05, 0) is 25.5 Å². The second-order valence-corrected chi connectivity index (χ2v) is 4.25. The van der Waals surface area contributed by atoms with Gasteiger partial charge < -0.3 is 4.74 Å². The Hall–Kier alpha value is -1.85. The number of alkyl halides is 3. The van der Waals surface area contributed by atoms with E-state index in [9.17, 15) is 22.8 Å². The van der Waals surface area contributed by atoms with Gasteiger partial charge in [-0.3, -0.25) is 4.79 Å². The molecule has 0 saturated heterocycles. The molecule has 0 bridgehead atoms. The molecule has 1 aromatic carbocycles. The van der Waals surface area contributed by atoms with Crippen LogP contribution in [-0.2, 0) is 26.9 Å². The lowest BCUT2D eigenvalue weighted by molar-refractivity contribution is -0.156. The van der Waals surface area contributed by atoms with Crippen LogP contribution < -0.4 is 0 Å². The van der Waals surface area contributed by atoms with Gasteiger partial charge in [0.2, 0.25) is 5.78 Å². The molecule has 0 N–H and O–H groups in total. The van der Waals surface area contributed by atoms with Gasteiger partial charge in [0.1, 0.15) is 0 Å². The first-order valence-corrected chi connectivity index (χ1v) is 5.60. The lowest BCUT2D eigenvalue weighted by atomic mass is 10.1. The highest BCUT2D eigenvalue weighted by Gasteiger charge is 2.30. The number of hydrogen-bond donors (Lipinski definition) is 0. The largest absolute Gasteiger partial charge is 0.457 e. The van der Waals surface area contributed by atoms with E-state index >= 15 is 0 Å². The first-order valence-electron chi connectivity index (χ1n) is 5.60. The lowest BCUT2D eigenvalue weighted by Gasteiger charge is -2.09. The van der Waals surface area contributed by atoms with Crippen LogP contribution in [0.5, 0.6) is 0 Å². The number of halogens is 3. The Kier molecular flexibility index (Phi) is 4.69. The fourth-order valence-corrected chi connectivity index (χ4v) is 1.39. The highest BCUT2D eigenvalue weighted by atomic mass is 19.4. The van der Waals surface area contributed by atoms with E-state index in [-0.39, 0.29) is 5.56 Å². The van der Waals surface area contributed by atoms with Crippen molar-refractivity contribution in [1.82, 2.24) is 0 Å². The predicted octanol–water partition coefficient (Wildman–Crippen LogP) is 2.77. The molecular formula is C13H13F3O3. The lowest BCUT2D eigenvalue weighted by Crippen LogP contribution is -2.22. The van der Waals surface area contributed by atoms with Crippen LogP contribution in [0.15, 0.2) is 24.3 Å². The Labute approximate surface area is 108 Å². The minimum atomic E-state index is -4.47. The minimum absolute atomic E-state index is 0.125. The second kappa shape index (κ2) is 5.86. The van der Waals surface area contributed by atoms with E-state index in [1.807, 2.05) is 0 Å². The number of benzene rings is 1. The van der Waals surface area contributed by atoms with Gasteiger partial charge in [0, 0.05) is 6.42 Å². The molecule has 6 heteroatoms. The molecule has 0 saturated carbocycles. The molecule has 3 nitrogen and oxygen atoms in total. The summed E-state index contributed by atoms with van der Waals surface area (Å²) in [5, 5.41) is 0. The standard InChI is InChI=1S/C13H13F3O3/c1-8(2)19-12(18)11(17)7-9-4-3-5-10(6-9)13(14,15)16/h3-6,8H,7H2,1-2H3. The van der Waals surface area contributed by atoms with Crippen molar-refractivity contribution in [2.45, 2.75) is 32.5 Å². The normalized spacial score (nSPS) is 11.5. The Bertz CT molecular complexity index is 478. The quantitative estimate of drug-likeness (QED) is 0.626. The third kappa shape index (κ3) is 4.73. The summed E-state index contributed by atoms with van der Waals surface area (Å²) in [6.45, 7) is 3.16. The predicted molar refractivity (Wildman–Crippen MR) is 61.4 cm³/mol. The molecule has 104 valence electrons. The van der Waals surface area contributed by atoms with Gasteiger partial charge in [-0.25, -0.2) is 4.79 Å². The van der Waals surface area contributed by atoms with Gasteiger partial charge in [0.15, 0.2) is 0 Å². The maximum Gasteiger partial charge on any atom is 0.416 e. The number of esters is 1. The van der Waals surface area contributed by atoms with E-state index in [1.54, 1.807) is 13.8 Å². The molecule has 0 amide bonds. The Morgan fingerprint density at radius 1 is 1.26 bits per heavy atom. The zero-order valence-electron chi connectivity index (χ0n) is 10.5. The average molecular weight is 274 g/mol. The van der Waals surface area contributed by atoms with Crippen LogP contribution in [0.4, 0.5) is 13.2 Å². The third-order valence-corrected chi connectivity index (χ3v) is 2.19. The van der Waals surface area contributed by atoms with E-state index in [2.05, 4.69) is 4.74 Å². The molecular weight excluding hydrogens is 261 g/mol. The highest BCUT2D eigenvalue weighted by molar-refractivity contribution is 6.34. The van der Waals surface area contributed by atoms with Gasteiger partial charge in [-0.15, -0.1) is 0 Å². The van der Waals surface area contributed by atoms with Gasteiger partial charge in [-0.1, -0.05) is 18.2 Å². The molecule has 0 atom stereocenters. The molecule has 1 aromatic rings. The minimum Gasteiger partial charge on any atom is -0.457 e. The van der Waals surface area contributed by atoms with E-state index in [4.69, 9.17) is 0 Å². The molecule has 1 rings (SSSR count). The molecule has 0 spiro atoms. The van der Waals surface area contributed by atoms with Gasteiger partial charge in [0.25, 0.3) is 0 Å². The molecule has 0 radical (unpaired) electrons. The van der Waals surface area contributed by atoms with Crippen LogP contribution in [0.25, 0.3) is 0 Å². The highest BCUT2D eigenvalue weighted by Crippen LogP contribution is 2.29. The maximum absolute atomic E-state index is 12.5. The summed E-state index contributed by atoms with van der Waals surface area (Å²) < 4.78 is 42.0. The van der Waals surface area contributed by atoms with Crippen LogP contribution in [0.1, 0.15) is 25.0 Å². The summed E-state index contributed by atoms with van der Waals surface area (Å²) in [4.78, 5) is 22.7. The first-order chi connectivity index (χ1) is 8.70. The second-order valence-electron chi connectivity index (χ2n) is 4.25. The number of rotatable bonds is 4. The third-order valence-electron chi connectivity index (χ3n) is 2.19. The summed E-state index contributed by atoms with van der Waals surface area (Å²) in [5.74, 6) is -1.90. The molecule has 0 heterocycles. The van der Waals surface area contributed by atoms with Crippen molar-refractivity contribution in [2.24, 2.45) is 0 Å². The number of ether oxygens (including phenoxy) is 1. The molecule has 0 aliphatic carbocycles. The van der Waals surface area contributed by atoms with Gasteiger partial charge in [0.05, 0.1) is 11.7 Å². The van der Waals surface area contributed by atoms with Crippen molar-refractivity contribution in [3.63, 3.8) is 0 Å². The molecule has 0 aliphatic rings. The molecule has 19 heavy (non-hydrogen) atoms. The van der Waals surface area contributed by atoms with Gasteiger partial charge >= 0.3 is 12.1 Å². The Morgan fingerprint density at radius 2 is 1.89 bits per heavy atom. The fourth-order valence-electron chi connectivity index (χ4n) is 1.39. The number of carbonyl (C=O) groups excluding carboxylic acids is 2. The topological polar surface area (TPSA) is 43.4 Å². The summed E-state index contributed by atoms with van der Waals surface area (Å²) in [7, 11) is 0. The van der Waals surface area contributed by atoms with Crippen LogP contribution in [0, 0.1) is 0 Å². The van der Waals surface area contributed by atoms with Crippen LogP contribution >= 0.6 is 0 Å². The van der Waals surface area contributed by atoms with Crippen LogP contribution in [0.2, 0.25) is 0 Å². The zero-order valence-corrected chi connectivity index (χ0v) is 10.5. The van der Waals surface area contributed by atoms with E-state index < -0.39 is 36.0 Å². The van der Waals surface area contributed by atoms with Crippen molar-refractivity contribution < 1.29 is 27.5 Å². The molecule has 0 unspecified atom stereocenters. The van der Waals surface area contributed by atoms with Crippen molar-refractivity contribution in [3.05, 3.63) is 35.4 Å². The number of hydrogen-bond acceptors (Lipinski definition) is 3. The number of ketones is 1. The van der Waals surface area contributed by atoms with E-state index in [0.717, 1.165) is 12.1 Å². The van der Waals surface area contributed by atoms with Gasteiger partial charge in [-0.2, -0.15) is 13.2 Å². The van der Waals surface area contributed by atoms with Crippen molar-refractivity contribution >= 4 is 11.8 Å². The average Bonchev–Trinajstić information content (AvgIpc) is 2.27. The SMILES string of the molecule is CC(C)OC(=O)C(=O)Cc1cccc(C(F)(F)F)c1. The first kappa shape index (κ1) is 15.2. The Morgan fingerprint density at radius 3 is 2.42 bits per heavy atom. The molecule has 0 aliphatic heterocycles. The summed E-state index contributed by atoms with van der Waals surface area (Å²) in [5.41, 5.74) is -0.726.